The molecule has 0 amide bonds. The molecule has 0 spiro atoms. The third-order valence-corrected chi connectivity index (χ3v) is 2.59. The zero-order valence-electron chi connectivity index (χ0n) is 8.77. The van der Waals surface area contributed by atoms with Crippen LogP contribution in [-0.4, -0.2) is 24.7 Å². The molecule has 1 atom stereocenters. The molecule has 0 bridgehead atoms. The number of hydrogen-bond acceptors (Lipinski definition) is 3. The van der Waals surface area contributed by atoms with Crippen molar-refractivity contribution >= 4 is 5.69 Å². The average Bonchev–Trinajstić information content (AvgIpc) is 2.79. The molecule has 1 N–H and O–H groups in total. The maximum Gasteiger partial charge on any atom is 0.253 e. The first kappa shape index (κ1) is 12.1. The molecule has 3 nitrogen and oxygen atoms in total. The molecule has 1 aromatic rings. The van der Waals surface area contributed by atoms with E-state index in [2.05, 4.69) is 10.3 Å². The van der Waals surface area contributed by atoms with Gasteiger partial charge >= 0.3 is 0 Å². The molecule has 17 heavy (non-hydrogen) atoms. The van der Waals surface area contributed by atoms with Crippen molar-refractivity contribution in [1.82, 2.24) is 4.98 Å². The van der Waals surface area contributed by atoms with Crippen molar-refractivity contribution in [2.45, 2.75) is 6.42 Å². The summed E-state index contributed by atoms with van der Waals surface area (Å²) in [5.41, 5.74) is -0.818. The SMILES string of the molecule is Fc1nc(F)c(F)c(NCC2CCOC2)c1F. The number of pyridine rings is 1. The second-order valence-electron chi connectivity index (χ2n) is 3.81. The van der Waals surface area contributed by atoms with Crippen LogP contribution in [0.25, 0.3) is 0 Å². The summed E-state index contributed by atoms with van der Waals surface area (Å²) < 4.78 is 56.9. The molecular weight excluding hydrogens is 240 g/mol. The quantitative estimate of drug-likeness (QED) is 0.658. The number of hydrogen-bond donors (Lipinski definition) is 1. The van der Waals surface area contributed by atoms with Crippen molar-refractivity contribution in [3.8, 4) is 0 Å². The van der Waals surface area contributed by atoms with Crippen molar-refractivity contribution in [1.29, 1.82) is 0 Å². The fraction of sp³-hybridized carbons (Fsp3) is 0.500. The first-order valence-corrected chi connectivity index (χ1v) is 5.11. The Labute approximate surface area is 94.8 Å². The Morgan fingerprint density at radius 2 is 1.82 bits per heavy atom. The van der Waals surface area contributed by atoms with E-state index >= 15 is 0 Å². The van der Waals surface area contributed by atoms with Gasteiger partial charge in [-0.15, -0.1) is 0 Å². The summed E-state index contributed by atoms with van der Waals surface area (Å²) in [5.74, 6) is -6.26. The standard InChI is InChI=1S/C10H10F4N2O/c11-6-8(7(12)10(14)16-9(6)13)15-3-5-1-2-17-4-5/h5H,1-4H2,(H,15,16). The molecule has 1 saturated heterocycles. The first-order valence-electron chi connectivity index (χ1n) is 5.11. The highest BCUT2D eigenvalue weighted by Crippen LogP contribution is 2.23. The lowest BCUT2D eigenvalue weighted by Crippen LogP contribution is -2.17. The summed E-state index contributed by atoms with van der Waals surface area (Å²) in [6.07, 6.45) is 0.742. The van der Waals surface area contributed by atoms with E-state index in [-0.39, 0.29) is 12.5 Å². The molecule has 1 aliphatic rings. The number of nitrogens with zero attached hydrogens (tertiary/aromatic N) is 1. The van der Waals surface area contributed by atoms with Crippen molar-refractivity contribution in [3.63, 3.8) is 0 Å². The molecule has 0 radical (unpaired) electrons. The van der Waals surface area contributed by atoms with Crippen LogP contribution >= 0.6 is 0 Å². The third-order valence-electron chi connectivity index (χ3n) is 2.59. The number of nitrogens with one attached hydrogen (secondary N) is 1. The highest BCUT2D eigenvalue weighted by atomic mass is 19.2. The van der Waals surface area contributed by atoms with Crippen LogP contribution in [0.3, 0.4) is 0 Å². The minimum Gasteiger partial charge on any atom is -0.381 e. The van der Waals surface area contributed by atoms with Gasteiger partial charge in [0.15, 0.2) is 0 Å². The Morgan fingerprint density at radius 3 is 2.35 bits per heavy atom. The second kappa shape index (κ2) is 4.87. The fourth-order valence-electron chi connectivity index (χ4n) is 1.63. The van der Waals surface area contributed by atoms with Crippen LogP contribution in [0, 0.1) is 29.4 Å². The Kier molecular flexibility index (Phi) is 3.46. The van der Waals surface area contributed by atoms with Crippen LogP contribution in [0.5, 0.6) is 0 Å². The van der Waals surface area contributed by atoms with Crippen LogP contribution in [0.15, 0.2) is 0 Å². The summed E-state index contributed by atoms with van der Waals surface area (Å²) in [4.78, 5) is 2.47. The Morgan fingerprint density at radius 1 is 1.18 bits per heavy atom. The van der Waals surface area contributed by atoms with Crippen LogP contribution < -0.4 is 5.32 Å². The molecule has 1 aromatic heterocycles. The largest absolute Gasteiger partial charge is 0.381 e. The van der Waals surface area contributed by atoms with E-state index in [1.54, 1.807) is 0 Å². The zero-order chi connectivity index (χ0) is 12.4. The molecule has 0 saturated carbocycles. The van der Waals surface area contributed by atoms with E-state index in [4.69, 9.17) is 4.74 Å². The van der Waals surface area contributed by atoms with Crippen LogP contribution in [0.1, 0.15) is 6.42 Å². The van der Waals surface area contributed by atoms with Crippen molar-refractivity contribution in [2.75, 3.05) is 25.1 Å². The topological polar surface area (TPSA) is 34.2 Å². The lowest BCUT2D eigenvalue weighted by Gasteiger charge is -2.12. The molecule has 2 rings (SSSR count). The molecule has 1 aliphatic heterocycles. The fourth-order valence-corrected chi connectivity index (χ4v) is 1.63. The van der Waals surface area contributed by atoms with Gasteiger partial charge in [-0.1, -0.05) is 0 Å². The molecule has 1 fully saturated rings. The van der Waals surface area contributed by atoms with E-state index in [0.29, 0.717) is 13.2 Å². The van der Waals surface area contributed by atoms with Gasteiger partial charge in [-0.2, -0.15) is 22.5 Å². The number of aromatic nitrogens is 1. The molecule has 2 heterocycles. The molecule has 0 aliphatic carbocycles. The van der Waals surface area contributed by atoms with Gasteiger partial charge in [-0.05, 0) is 6.42 Å². The van der Waals surface area contributed by atoms with Gasteiger partial charge in [-0.25, -0.2) is 0 Å². The molecule has 1 unspecified atom stereocenters. The second-order valence-corrected chi connectivity index (χ2v) is 3.81. The van der Waals surface area contributed by atoms with Gasteiger partial charge in [0.2, 0.25) is 11.6 Å². The normalized spacial score (nSPS) is 19.6. The molecule has 0 aromatic carbocycles. The Hall–Kier alpha value is -1.37. The van der Waals surface area contributed by atoms with Gasteiger partial charge in [0.25, 0.3) is 11.9 Å². The van der Waals surface area contributed by atoms with Gasteiger partial charge in [-0.3, -0.25) is 0 Å². The van der Waals surface area contributed by atoms with Gasteiger partial charge in [0.05, 0.1) is 6.61 Å². The van der Waals surface area contributed by atoms with E-state index in [9.17, 15) is 17.6 Å². The van der Waals surface area contributed by atoms with E-state index in [0.717, 1.165) is 6.42 Å². The lowest BCUT2D eigenvalue weighted by atomic mass is 10.1. The Balaban J connectivity index is 2.13. The van der Waals surface area contributed by atoms with Gasteiger partial charge in [0.1, 0.15) is 5.69 Å². The summed E-state index contributed by atoms with van der Waals surface area (Å²) in [5, 5.41) is 2.35. The summed E-state index contributed by atoms with van der Waals surface area (Å²) >= 11 is 0. The number of ether oxygens (including phenoxy) is 1. The predicted octanol–water partition coefficient (Wildman–Crippen LogP) is 2.09. The van der Waals surface area contributed by atoms with Crippen molar-refractivity contribution in [2.24, 2.45) is 5.92 Å². The van der Waals surface area contributed by atoms with Crippen LogP contribution in [0.4, 0.5) is 23.2 Å². The van der Waals surface area contributed by atoms with Crippen molar-refractivity contribution < 1.29 is 22.3 Å². The maximum atomic E-state index is 13.2. The number of halogens is 4. The van der Waals surface area contributed by atoms with Crippen molar-refractivity contribution in [3.05, 3.63) is 23.5 Å². The average molecular weight is 250 g/mol. The minimum atomic E-state index is -1.66. The summed E-state index contributed by atoms with van der Waals surface area (Å²) in [7, 11) is 0. The van der Waals surface area contributed by atoms with E-state index in [1.807, 2.05) is 0 Å². The van der Waals surface area contributed by atoms with Crippen LogP contribution in [0.2, 0.25) is 0 Å². The smallest absolute Gasteiger partial charge is 0.253 e. The molecule has 7 heteroatoms. The zero-order valence-corrected chi connectivity index (χ0v) is 8.77. The Bertz CT molecular complexity index is 395. The predicted molar refractivity (Wildman–Crippen MR) is 51.5 cm³/mol. The first-order chi connectivity index (χ1) is 8.09. The summed E-state index contributed by atoms with van der Waals surface area (Å²) in [6.45, 7) is 1.24. The van der Waals surface area contributed by atoms with Gasteiger partial charge < -0.3 is 10.1 Å². The molecular formula is C10H10F4N2O. The highest BCUT2D eigenvalue weighted by Gasteiger charge is 2.22. The lowest BCUT2D eigenvalue weighted by molar-refractivity contribution is 0.187. The summed E-state index contributed by atoms with van der Waals surface area (Å²) in [6, 6.07) is 0. The maximum absolute atomic E-state index is 13.2. The van der Waals surface area contributed by atoms with Crippen LogP contribution in [-0.2, 0) is 4.74 Å². The van der Waals surface area contributed by atoms with Gasteiger partial charge in [0, 0.05) is 19.1 Å². The number of rotatable bonds is 3. The van der Waals surface area contributed by atoms with E-state index < -0.39 is 29.2 Å². The highest BCUT2D eigenvalue weighted by molar-refractivity contribution is 5.45. The third kappa shape index (κ3) is 2.49. The monoisotopic (exact) mass is 250 g/mol. The minimum absolute atomic E-state index is 0.0769. The number of anilines is 1. The van der Waals surface area contributed by atoms with E-state index in [1.165, 1.54) is 0 Å². The molecule has 94 valence electrons.